The molecule has 1 saturated carbocycles. The first-order valence-electron chi connectivity index (χ1n) is 36.8. The van der Waals surface area contributed by atoms with Gasteiger partial charge in [0.25, 0.3) is 0 Å². The molecule has 560 valence electrons. The van der Waals surface area contributed by atoms with Gasteiger partial charge in [-0.15, -0.1) is 0 Å². The first-order valence-corrected chi connectivity index (χ1v) is 38.3. The minimum absolute atomic E-state index is 0.0228. The Morgan fingerprint density at radius 3 is 1.27 bits per heavy atom. The van der Waals surface area contributed by atoms with Crippen molar-refractivity contribution in [3.05, 3.63) is 36.5 Å². The van der Waals surface area contributed by atoms with Crippen molar-refractivity contribution in [3.63, 3.8) is 0 Å². The molecule has 0 aromatic rings. The zero-order chi connectivity index (χ0) is 70.4. The summed E-state index contributed by atoms with van der Waals surface area (Å²) in [6.45, 7) is 3.32. The van der Waals surface area contributed by atoms with Gasteiger partial charge in [0.1, 0.15) is 98.7 Å². The van der Waals surface area contributed by atoms with Crippen LogP contribution in [0.5, 0.6) is 0 Å². The van der Waals surface area contributed by atoms with E-state index in [-0.39, 0.29) is 12.8 Å². The second-order valence-corrected chi connectivity index (χ2v) is 27.8. The molecule has 0 amide bonds. The summed E-state index contributed by atoms with van der Waals surface area (Å²) in [7, 11) is -5.70. The Morgan fingerprint density at radius 1 is 0.427 bits per heavy atom. The number of hydrogen-bond acceptors (Lipinski definition) is 23. The summed E-state index contributed by atoms with van der Waals surface area (Å²) >= 11 is 0. The molecule has 25 heteroatoms. The van der Waals surface area contributed by atoms with E-state index in [4.69, 9.17) is 42.2 Å². The van der Waals surface area contributed by atoms with Crippen LogP contribution >= 0.6 is 7.82 Å². The molecular formula is C71H127O24P. The van der Waals surface area contributed by atoms with E-state index in [2.05, 4.69) is 32.9 Å². The molecule has 0 spiro atoms. The van der Waals surface area contributed by atoms with Gasteiger partial charge in [-0.05, 0) is 51.4 Å². The fraction of sp³-hybridized carbons (Fsp3) is 0.873. The highest BCUT2D eigenvalue weighted by Crippen LogP contribution is 2.49. The molecule has 18 unspecified atom stereocenters. The maximum Gasteiger partial charge on any atom is 0.472 e. The fourth-order valence-corrected chi connectivity index (χ4v) is 12.9. The van der Waals surface area contributed by atoms with Crippen molar-refractivity contribution in [1.82, 2.24) is 0 Å². The Hall–Kier alpha value is -2.82. The fourth-order valence-electron chi connectivity index (χ4n) is 12.0. The molecule has 0 aromatic heterocycles. The molecule has 2 saturated heterocycles. The van der Waals surface area contributed by atoms with Gasteiger partial charge in [-0.1, -0.05) is 231 Å². The van der Waals surface area contributed by atoms with Gasteiger partial charge in [0, 0.05) is 18.9 Å². The number of allylic oxidation sites excluding steroid dienone is 5. The third kappa shape index (κ3) is 36.2. The van der Waals surface area contributed by atoms with Gasteiger partial charge < -0.3 is 89.1 Å². The van der Waals surface area contributed by atoms with Crippen LogP contribution in [-0.2, 0) is 61.2 Å². The second kappa shape index (κ2) is 53.1. The van der Waals surface area contributed by atoms with Gasteiger partial charge in [0.2, 0.25) is 0 Å². The molecule has 96 heavy (non-hydrogen) atoms. The molecule has 18 atom stereocenters. The first kappa shape index (κ1) is 87.4. The summed E-state index contributed by atoms with van der Waals surface area (Å²) in [5.41, 5.74) is 0. The summed E-state index contributed by atoms with van der Waals surface area (Å²) in [5.74, 6) is -2.24. The molecule has 3 aliphatic rings. The molecule has 3 fully saturated rings. The maximum absolute atomic E-state index is 14.3. The summed E-state index contributed by atoms with van der Waals surface area (Å²) in [6.07, 6.45) is 14.3. The minimum Gasteiger partial charge on any atom is -0.462 e. The van der Waals surface area contributed by atoms with E-state index < -0.39 is 156 Å². The van der Waals surface area contributed by atoms with Crippen molar-refractivity contribution in [2.45, 2.75) is 369 Å². The molecule has 3 rings (SSSR count). The predicted molar refractivity (Wildman–Crippen MR) is 361 cm³/mol. The number of carbonyl (C=O) groups is 3. The normalized spacial score (nSPS) is 28.1. The van der Waals surface area contributed by atoms with Gasteiger partial charge in [-0.3, -0.25) is 18.6 Å². The van der Waals surface area contributed by atoms with Gasteiger partial charge in [-0.2, -0.15) is 0 Å². The summed E-state index contributed by atoms with van der Waals surface area (Å²) < 4.78 is 64.7. The zero-order valence-corrected chi connectivity index (χ0v) is 59.0. The first-order chi connectivity index (χ1) is 46.3. The van der Waals surface area contributed by atoms with Gasteiger partial charge in [-0.25, -0.2) is 9.36 Å². The van der Waals surface area contributed by atoms with Crippen molar-refractivity contribution in [1.29, 1.82) is 0 Å². The third-order valence-electron chi connectivity index (χ3n) is 18.0. The Morgan fingerprint density at radius 2 is 0.812 bits per heavy atom. The highest BCUT2D eigenvalue weighted by atomic mass is 31.2. The number of hydrogen-bond donors (Lipinski definition) is 11. The van der Waals surface area contributed by atoms with E-state index in [0.717, 1.165) is 96.0 Å². The van der Waals surface area contributed by atoms with E-state index >= 15 is 0 Å². The summed E-state index contributed by atoms with van der Waals surface area (Å²) in [6, 6.07) is 0. The second-order valence-electron chi connectivity index (χ2n) is 26.4. The van der Waals surface area contributed by atoms with Crippen LogP contribution in [0.4, 0.5) is 0 Å². The van der Waals surface area contributed by atoms with Crippen LogP contribution < -0.4 is 0 Å². The van der Waals surface area contributed by atoms with Crippen LogP contribution in [0.25, 0.3) is 0 Å². The average Bonchev–Trinajstić information content (AvgIpc) is 0.767. The monoisotopic (exact) mass is 1390 g/mol. The van der Waals surface area contributed by atoms with E-state index in [1.165, 1.54) is 134 Å². The molecule has 2 aliphatic heterocycles. The van der Waals surface area contributed by atoms with Crippen molar-refractivity contribution in [2.75, 3.05) is 26.4 Å². The lowest BCUT2D eigenvalue weighted by Gasteiger charge is -2.49. The SMILES string of the molecule is CCCCCCCC/C=C\CCCCCC(=O)OCC(COP(=O)(O)OC1C(OC2OC(CO)C(O)C(O)C2O)C(O)C(O)C(O)C1OC1OC(COC(=O)/C=C/C=C/CCCCCCCCCCCCC)C(O)C(O)C1O)OC(=O)CCCCCCCCCCCCCCC. The van der Waals surface area contributed by atoms with Crippen molar-refractivity contribution < 1.29 is 117 Å². The lowest BCUT2D eigenvalue weighted by molar-refractivity contribution is -0.360. The van der Waals surface area contributed by atoms with E-state index in [1.807, 2.05) is 6.08 Å². The maximum atomic E-state index is 14.3. The lowest BCUT2D eigenvalue weighted by atomic mass is 9.84. The highest BCUT2D eigenvalue weighted by Gasteiger charge is 2.58. The number of unbranched alkanes of at least 4 members (excludes halogenated alkanes) is 32. The summed E-state index contributed by atoms with van der Waals surface area (Å²) in [5, 5.41) is 110. The van der Waals surface area contributed by atoms with Crippen LogP contribution in [0, 0.1) is 0 Å². The summed E-state index contributed by atoms with van der Waals surface area (Å²) in [4.78, 5) is 50.8. The smallest absolute Gasteiger partial charge is 0.462 e. The Bertz CT molecular complexity index is 2140. The van der Waals surface area contributed by atoms with Crippen molar-refractivity contribution >= 4 is 25.7 Å². The number of aliphatic hydroxyl groups is 10. The molecule has 2 heterocycles. The van der Waals surface area contributed by atoms with Crippen LogP contribution in [0.15, 0.2) is 36.5 Å². The quantitative estimate of drug-likeness (QED) is 0.00513. The van der Waals surface area contributed by atoms with Gasteiger partial charge >= 0.3 is 25.7 Å². The number of carbonyl (C=O) groups excluding carboxylic acids is 3. The molecular weight excluding hydrogens is 1270 g/mol. The van der Waals surface area contributed by atoms with Crippen LogP contribution in [0.2, 0.25) is 0 Å². The number of esters is 3. The highest BCUT2D eigenvalue weighted by molar-refractivity contribution is 7.47. The van der Waals surface area contributed by atoms with Gasteiger partial charge in [0.05, 0.1) is 13.2 Å². The molecule has 0 radical (unpaired) electrons. The van der Waals surface area contributed by atoms with E-state index in [0.29, 0.717) is 12.8 Å². The number of phosphoric acid groups is 1. The van der Waals surface area contributed by atoms with E-state index in [9.17, 15) is 74.9 Å². The van der Waals surface area contributed by atoms with Crippen molar-refractivity contribution in [3.8, 4) is 0 Å². The molecule has 1 aliphatic carbocycles. The molecule has 0 aromatic carbocycles. The number of aliphatic hydroxyl groups excluding tert-OH is 10. The third-order valence-corrected chi connectivity index (χ3v) is 19.0. The Labute approximate surface area is 572 Å². The van der Waals surface area contributed by atoms with E-state index in [1.54, 1.807) is 6.08 Å². The molecule has 11 N–H and O–H groups in total. The molecule has 0 bridgehead atoms. The largest absolute Gasteiger partial charge is 0.472 e. The lowest BCUT2D eigenvalue weighted by Crippen LogP contribution is -2.69. The number of rotatable bonds is 56. The van der Waals surface area contributed by atoms with Gasteiger partial charge in [0.15, 0.2) is 18.7 Å². The topological polar surface area (TPSA) is 374 Å². The average molecular weight is 1400 g/mol. The minimum atomic E-state index is -5.70. The number of phosphoric ester groups is 1. The van der Waals surface area contributed by atoms with Crippen LogP contribution in [0.3, 0.4) is 0 Å². The number of ether oxygens (including phenoxy) is 7. The zero-order valence-electron chi connectivity index (χ0n) is 58.2. The van der Waals surface area contributed by atoms with Crippen molar-refractivity contribution in [2.24, 2.45) is 0 Å². The standard InChI is InChI=1S/C71H127O24P/c1-4-7-10-13-16-19-22-25-26-29-31-34-37-40-43-46-56(74)88-51-54-59(77)61(79)66(84)71(92-54)94-68-64(82)62(80)63(81)67(93-70-65(83)60(78)58(76)53(48-72)91-70)69(68)95-96(85,86)89-50-52(90-57(75)47-44-41-38-35-32-28-24-21-18-15-12-9-6-3)49-87-55(73)45-42-39-36-33-30-27-23-20-17-14-11-8-5-2/h27,30,37,40,43,46,52-54,58-72,76-84H,4-26,28-29,31-36,38-39,41-42,44-45,47-51H2,1-3H3,(H,85,86)/b30-27-,40-37+,46-43+. The van der Waals surface area contributed by atoms with Crippen LogP contribution in [0.1, 0.15) is 265 Å². The molecule has 24 nitrogen and oxygen atoms in total. The Kier molecular flexibility index (Phi) is 48.3. The van der Waals surface area contributed by atoms with Crippen LogP contribution in [-0.4, -0.2) is 204 Å². The predicted octanol–water partition coefficient (Wildman–Crippen LogP) is 9.51. The Balaban J connectivity index is 1.76.